The molecule has 49 heavy (non-hydrogen) atoms. The molecular weight excluding hydrogens is 830 g/mol. The first-order valence-corrected chi connectivity index (χ1v) is 17.1. The standard InChI is InChI=1S/2C18H15O4P.2CH3.W/c2*19-23(20-16-10-4-1-5-11-16,21-17-12-6-2-7-13-17)22-18-14-8-3-9-15-18;;;/h2*1-15H;2*1H3;/q;;2*-1;+2. The zero-order chi connectivity index (χ0) is 31.9. The molecule has 0 aliphatic rings. The SMILES string of the molecule is O=P(Oc1ccccc1)(Oc1ccccc1)Oc1ccccc1.O=P(Oc1ccccc1)(Oc1ccccc1)Oc1ccccc1.[CH3-].[CH3-].[W+2]. The molecule has 0 aliphatic carbocycles. The van der Waals surface area contributed by atoms with Crippen LogP contribution < -0.4 is 27.1 Å². The first-order valence-electron chi connectivity index (χ1n) is 14.1. The summed E-state index contributed by atoms with van der Waals surface area (Å²) in [5.41, 5.74) is 0. The number of hydrogen-bond acceptors (Lipinski definition) is 8. The third-order valence-corrected chi connectivity index (χ3v) is 8.37. The van der Waals surface area contributed by atoms with Crippen LogP contribution in [0, 0.1) is 14.9 Å². The molecule has 0 fully saturated rings. The summed E-state index contributed by atoms with van der Waals surface area (Å²) in [4.78, 5) is 0. The molecule has 0 radical (unpaired) electrons. The van der Waals surface area contributed by atoms with E-state index in [4.69, 9.17) is 27.1 Å². The molecule has 6 aromatic carbocycles. The molecule has 0 atom stereocenters. The minimum Gasteiger partial charge on any atom is -0.386 e. The molecule has 0 aromatic heterocycles. The van der Waals surface area contributed by atoms with Gasteiger partial charge in [-0.1, -0.05) is 109 Å². The number of rotatable bonds is 12. The quantitative estimate of drug-likeness (QED) is 0.0887. The maximum Gasteiger partial charge on any atom is 2.00 e. The Morgan fingerprint density at radius 1 is 0.265 bits per heavy atom. The van der Waals surface area contributed by atoms with Crippen LogP contribution in [0.5, 0.6) is 34.5 Å². The van der Waals surface area contributed by atoms with Crippen LogP contribution in [0.15, 0.2) is 182 Å². The number of phosphoric ester groups is 2. The summed E-state index contributed by atoms with van der Waals surface area (Å²) in [5, 5.41) is 0. The summed E-state index contributed by atoms with van der Waals surface area (Å²) in [6, 6.07) is 52.7. The second-order valence-corrected chi connectivity index (χ2v) is 12.2. The summed E-state index contributed by atoms with van der Waals surface area (Å²) in [5.74, 6) is 2.43. The van der Waals surface area contributed by atoms with Crippen molar-refractivity contribution in [3.63, 3.8) is 0 Å². The average Bonchev–Trinajstić information content (AvgIpc) is 3.07. The van der Waals surface area contributed by atoms with Crippen LogP contribution in [0.2, 0.25) is 0 Å². The fraction of sp³-hybridized carbons (Fsp3) is 0. The molecule has 0 amide bonds. The van der Waals surface area contributed by atoms with Gasteiger partial charge in [-0.3, -0.25) is 0 Å². The predicted octanol–water partition coefficient (Wildman–Crippen LogP) is 11.6. The third-order valence-electron chi connectivity index (χ3n) is 5.76. The first kappa shape index (κ1) is 40.4. The molecule has 0 aliphatic heterocycles. The summed E-state index contributed by atoms with van der Waals surface area (Å²) < 4.78 is 59.2. The van der Waals surface area contributed by atoms with Gasteiger partial charge in [-0.2, -0.15) is 9.13 Å². The summed E-state index contributed by atoms with van der Waals surface area (Å²) >= 11 is 0. The van der Waals surface area contributed by atoms with Crippen molar-refractivity contribution >= 4 is 15.6 Å². The second kappa shape index (κ2) is 20.6. The van der Waals surface area contributed by atoms with Gasteiger partial charge in [0.25, 0.3) is 0 Å². The van der Waals surface area contributed by atoms with Gasteiger partial charge in [0.1, 0.15) is 34.5 Å². The molecule has 0 unspecified atom stereocenters. The van der Waals surface area contributed by atoms with Gasteiger partial charge < -0.3 is 42.0 Å². The third kappa shape index (κ3) is 13.7. The van der Waals surface area contributed by atoms with Crippen LogP contribution in [-0.2, 0) is 30.2 Å². The van der Waals surface area contributed by atoms with Gasteiger partial charge >= 0.3 is 36.7 Å². The van der Waals surface area contributed by atoms with Crippen molar-refractivity contribution in [1.29, 1.82) is 0 Å². The maximum atomic E-state index is 13.1. The average molecular weight is 866 g/mol. The Balaban J connectivity index is 0.000000321. The van der Waals surface area contributed by atoms with Gasteiger partial charge in [0.05, 0.1) is 0 Å². The molecule has 0 heterocycles. The van der Waals surface area contributed by atoms with E-state index in [0.717, 1.165) is 0 Å². The van der Waals surface area contributed by atoms with Gasteiger partial charge in [-0.25, -0.2) is 0 Å². The maximum absolute atomic E-state index is 13.1. The molecule has 0 saturated heterocycles. The van der Waals surface area contributed by atoms with E-state index < -0.39 is 15.6 Å². The Morgan fingerprint density at radius 3 is 0.510 bits per heavy atom. The van der Waals surface area contributed by atoms with E-state index in [9.17, 15) is 9.13 Å². The van der Waals surface area contributed by atoms with Crippen LogP contribution in [-0.4, -0.2) is 0 Å². The zero-order valence-corrected chi connectivity index (χ0v) is 31.6. The van der Waals surface area contributed by atoms with Gasteiger partial charge in [0.2, 0.25) is 0 Å². The van der Waals surface area contributed by atoms with Crippen LogP contribution in [0.1, 0.15) is 0 Å². The number of benzene rings is 6. The fourth-order valence-corrected chi connectivity index (χ4v) is 6.28. The van der Waals surface area contributed by atoms with Gasteiger partial charge in [-0.15, -0.1) is 0 Å². The smallest absolute Gasteiger partial charge is 0.386 e. The Hall–Kier alpha value is -4.73. The molecule has 0 bridgehead atoms. The normalized spacial score (nSPS) is 10.1. The van der Waals surface area contributed by atoms with E-state index in [1.165, 1.54) is 0 Å². The van der Waals surface area contributed by atoms with Gasteiger partial charge in [-0.05, 0) is 72.8 Å². The van der Waals surface area contributed by atoms with Crippen LogP contribution >= 0.6 is 15.6 Å². The number of para-hydroxylation sites is 6. The van der Waals surface area contributed by atoms with Crippen LogP contribution in [0.3, 0.4) is 0 Å². The minimum absolute atomic E-state index is 0. The van der Waals surface area contributed by atoms with Crippen molar-refractivity contribution in [2.24, 2.45) is 0 Å². The van der Waals surface area contributed by atoms with E-state index in [-0.39, 0.29) is 35.9 Å². The van der Waals surface area contributed by atoms with Crippen molar-refractivity contribution < 1.29 is 57.3 Å². The first-order chi connectivity index (χ1) is 22.5. The Morgan fingerprint density at radius 2 is 0.388 bits per heavy atom. The molecule has 6 rings (SSSR count). The van der Waals surface area contributed by atoms with E-state index in [2.05, 4.69) is 0 Å². The van der Waals surface area contributed by atoms with Crippen molar-refractivity contribution in [1.82, 2.24) is 0 Å². The summed E-state index contributed by atoms with van der Waals surface area (Å²) in [6.45, 7) is 0. The number of phosphoric acid groups is 2. The summed E-state index contributed by atoms with van der Waals surface area (Å²) in [6.07, 6.45) is 0. The zero-order valence-electron chi connectivity index (χ0n) is 26.9. The van der Waals surface area contributed by atoms with Crippen molar-refractivity contribution in [3.8, 4) is 34.5 Å². The fourth-order valence-electron chi connectivity index (χ4n) is 3.77. The topological polar surface area (TPSA) is 89.5 Å². The number of hydrogen-bond donors (Lipinski definition) is 0. The monoisotopic (exact) mass is 866 g/mol. The minimum atomic E-state index is -3.89. The summed E-state index contributed by atoms with van der Waals surface area (Å²) in [7, 11) is -7.77. The molecule has 6 aromatic rings. The van der Waals surface area contributed by atoms with Crippen LogP contribution in [0.25, 0.3) is 0 Å². The molecule has 0 saturated carbocycles. The van der Waals surface area contributed by atoms with Crippen LogP contribution in [0.4, 0.5) is 0 Å². The second-order valence-electron chi connectivity index (χ2n) is 9.32. The largest absolute Gasteiger partial charge is 2.00 e. The predicted molar refractivity (Wildman–Crippen MR) is 190 cm³/mol. The molecule has 0 N–H and O–H groups in total. The van der Waals surface area contributed by atoms with Crippen molar-refractivity contribution in [2.75, 3.05) is 0 Å². The van der Waals surface area contributed by atoms with Crippen molar-refractivity contribution in [3.05, 3.63) is 197 Å². The Labute approximate surface area is 303 Å². The molecule has 0 spiro atoms. The molecule has 8 nitrogen and oxygen atoms in total. The molecular formula is C38H36O8P2W. The van der Waals surface area contributed by atoms with E-state index in [0.29, 0.717) is 34.5 Å². The van der Waals surface area contributed by atoms with Gasteiger partial charge in [0.15, 0.2) is 0 Å². The molecule has 252 valence electrons. The Kier molecular flexibility index (Phi) is 17.0. The van der Waals surface area contributed by atoms with Crippen molar-refractivity contribution in [2.45, 2.75) is 0 Å². The van der Waals surface area contributed by atoms with E-state index >= 15 is 0 Å². The van der Waals surface area contributed by atoms with E-state index in [1.807, 2.05) is 36.4 Å². The Bertz CT molecular complexity index is 1480. The van der Waals surface area contributed by atoms with E-state index in [1.54, 1.807) is 146 Å². The molecule has 11 heteroatoms. The van der Waals surface area contributed by atoms with Gasteiger partial charge in [0, 0.05) is 0 Å².